The minimum atomic E-state index is 0.219. The molecule has 1 fully saturated rings. The zero-order chi connectivity index (χ0) is 15.2. The highest BCUT2D eigenvalue weighted by atomic mass is 32.2. The van der Waals surface area contributed by atoms with Crippen molar-refractivity contribution in [1.29, 1.82) is 0 Å². The molecule has 7 heteroatoms. The molecule has 1 aromatic heterocycles. The van der Waals surface area contributed by atoms with Crippen molar-refractivity contribution in [1.82, 2.24) is 9.88 Å². The first-order valence-electron chi connectivity index (χ1n) is 6.74. The molecule has 2 aliphatic rings. The molecule has 1 saturated heterocycles. The Morgan fingerprint density at radius 1 is 1.52 bits per heavy atom. The standard InChI is InChI=1S/C12H15N3OS2.C2H4O/c1-15-5-6-17-12(15)8-7-18-11(14-8)10-9(16)3-2-4-13-10;1-2-3/h2-4,8,12,16H,5-7H2,1H3;2H,1H3. The molecule has 1 N–H and O–H groups in total. The van der Waals surface area contributed by atoms with Crippen molar-refractivity contribution in [2.24, 2.45) is 4.99 Å². The van der Waals surface area contributed by atoms with Crippen molar-refractivity contribution in [2.45, 2.75) is 18.3 Å². The summed E-state index contributed by atoms with van der Waals surface area (Å²) in [4.78, 5) is 20.1. The van der Waals surface area contributed by atoms with Gasteiger partial charge in [-0.3, -0.25) is 14.9 Å². The van der Waals surface area contributed by atoms with E-state index in [9.17, 15) is 5.11 Å². The van der Waals surface area contributed by atoms with Crippen LogP contribution in [0.5, 0.6) is 5.75 Å². The van der Waals surface area contributed by atoms with Crippen LogP contribution in [-0.2, 0) is 4.79 Å². The number of thioether (sulfide) groups is 2. The lowest BCUT2D eigenvalue weighted by molar-refractivity contribution is -0.106. The Morgan fingerprint density at radius 3 is 2.90 bits per heavy atom. The van der Waals surface area contributed by atoms with Gasteiger partial charge in [-0.25, -0.2) is 0 Å². The number of rotatable bonds is 2. The monoisotopic (exact) mass is 325 g/mol. The molecule has 0 radical (unpaired) electrons. The summed E-state index contributed by atoms with van der Waals surface area (Å²) in [5, 5.41) is 11.1. The second kappa shape index (κ2) is 7.82. The third-order valence-corrected chi connectivity index (χ3v) is 5.67. The molecule has 0 amide bonds. The van der Waals surface area contributed by atoms with Crippen molar-refractivity contribution >= 4 is 34.9 Å². The predicted molar refractivity (Wildman–Crippen MR) is 89.3 cm³/mol. The molecule has 1 aromatic rings. The summed E-state index contributed by atoms with van der Waals surface area (Å²) < 4.78 is 0. The van der Waals surface area contributed by atoms with Gasteiger partial charge < -0.3 is 9.90 Å². The minimum absolute atomic E-state index is 0.219. The summed E-state index contributed by atoms with van der Waals surface area (Å²) >= 11 is 3.67. The van der Waals surface area contributed by atoms with Gasteiger partial charge in [0.05, 0.1) is 11.4 Å². The Kier molecular flexibility index (Phi) is 6.08. The molecule has 0 aliphatic carbocycles. The molecule has 0 spiro atoms. The van der Waals surface area contributed by atoms with Gasteiger partial charge in [-0.05, 0) is 26.1 Å². The van der Waals surface area contributed by atoms with Crippen LogP contribution in [-0.4, -0.2) is 62.8 Å². The highest BCUT2D eigenvalue weighted by Crippen LogP contribution is 2.34. The van der Waals surface area contributed by atoms with E-state index in [1.54, 1.807) is 30.1 Å². The second-order valence-corrected chi connectivity index (χ2v) is 6.89. The number of pyridine rings is 1. The largest absolute Gasteiger partial charge is 0.506 e. The lowest BCUT2D eigenvalue weighted by Crippen LogP contribution is -2.33. The number of likely N-dealkylation sites (N-methyl/N-ethyl adjacent to an activating group) is 1. The Labute approximate surface area is 133 Å². The van der Waals surface area contributed by atoms with Crippen molar-refractivity contribution in [3.05, 3.63) is 24.0 Å². The van der Waals surface area contributed by atoms with E-state index in [2.05, 4.69) is 16.9 Å². The summed E-state index contributed by atoms with van der Waals surface area (Å²) in [6.45, 7) is 2.58. The first-order chi connectivity index (χ1) is 10.2. The van der Waals surface area contributed by atoms with Crippen LogP contribution >= 0.6 is 23.5 Å². The van der Waals surface area contributed by atoms with E-state index < -0.39 is 0 Å². The molecule has 2 unspecified atom stereocenters. The van der Waals surface area contributed by atoms with Crippen LogP contribution in [0, 0.1) is 0 Å². The van der Waals surface area contributed by atoms with E-state index >= 15 is 0 Å². The lowest BCUT2D eigenvalue weighted by atomic mass is 10.3. The zero-order valence-electron chi connectivity index (χ0n) is 12.1. The van der Waals surface area contributed by atoms with Gasteiger partial charge in [0.15, 0.2) is 0 Å². The number of carbonyl (C=O) groups is 1. The van der Waals surface area contributed by atoms with Gasteiger partial charge in [-0.2, -0.15) is 0 Å². The molecule has 0 bridgehead atoms. The zero-order valence-corrected chi connectivity index (χ0v) is 13.7. The van der Waals surface area contributed by atoms with Crippen LogP contribution in [0.4, 0.5) is 0 Å². The van der Waals surface area contributed by atoms with Crippen molar-refractivity contribution < 1.29 is 9.90 Å². The number of carbonyl (C=O) groups excluding carboxylic acids is 1. The minimum Gasteiger partial charge on any atom is -0.506 e. The van der Waals surface area contributed by atoms with E-state index in [1.807, 2.05) is 11.8 Å². The third-order valence-electron chi connectivity index (χ3n) is 3.16. The van der Waals surface area contributed by atoms with Crippen molar-refractivity contribution in [3.8, 4) is 5.75 Å². The molecule has 2 atom stereocenters. The fourth-order valence-electron chi connectivity index (χ4n) is 2.20. The van der Waals surface area contributed by atoms with Gasteiger partial charge in [0.25, 0.3) is 0 Å². The highest BCUT2D eigenvalue weighted by Gasteiger charge is 2.34. The molecular formula is C14H19N3O2S2. The summed E-state index contributed by atoms with van der Waals surface area (Å²) in [6.07, 6.45) is 2.45. The summed E-state index contributed by atoms with van der Waals surface area (Å²) in [5.41, 5.74) is 0.621. The van der Waals surface area contributed by atoms with E-state index in [-0.39, 0.29) is 5.75 Å². The average Bonchev–Trinajstić information content (AvgIpc) is 3.09. The molecular weight excluding hydrogens is 306 g/mol. The van der Waals surface area contributed by atoms with Crippen LogP contribution in [0.25, 0.3) is 0 Å². The van der Waals surface area contributed by atoms with E-state index in [0.29, 0.717) is 17.1 Å². The Balaban J connectivity index is 0.000000497. The molecule has 21 heavy (non-hydrogen) atoms. The number of aromatic hydroxyl groups is 1. The Morgan fingerprint density at radius 2 is 2.29 bits per heavy atom. The van der Waals surface area contributed by atoms with Crippen LogP contribution in [0.2, 0.25) is 0 Å². The SMILES string of the molecule is CC=O.CN1CCSC1C1CSC(c2ncccc2O)=N1. The number of hydrogen-bond donors (Lipinski definition) is 1. The van der Waals surface area contributed by atoms with Gasteiger partial charge >= 0.3 is 0 Å². The van der Waals surface area contributed by atoms with Gasteiger partial charge in [0.2, 0.25) is 0 Å². The molecule has 0 aromatic carbocycles. The fourth-order valence-corrected chi connectivity index (χ4v) is 4.79. The van der Waals surface area contributed by atoms with Gasteiger partial charge in [-0.1, -0.05) is 0 Å². The van der Waals surface area contributed by atoms with E-state index in [0.717, 1.165) is 23.6 Å². The summed E-state index contributed by atoms with van der Waals surface area (Å²) in [6, 6.07) is 3.70. The molecule has 114 valence electrons. The number of nitrogens with zero attached hydrogens (tertiary/aromatic N) is 3. The molecule has 5 nitrogen and oxygen atoms in total. The second-order valence-electron chi connectivity index (χ2n) is 4.66. The molecule has 0 saturated carbocycles. The van der Waals surface area contributed by atoms with Crippen LogP contribution < -0.4 is 0 Å². The lowest BCUT2D eigenvalue weighted by Gasteiger charge is -2.21. The van der Waals surface area contributed by atoms with Crippen LogP contribution in [0.3, 0.4) is 0 Å². The van der Waals surface area contributed by atoms with Gasteiger partial charge in [-0.15, -0.1) is 23.5 Å². The number of aliphatic imine (C=N–C) groups is 1. The number of hydrogen-bond acceptors (Lipinski definition) is 7. The Hall–Kier alpha value is -1.05. The quantitative estimate of drug-likeness (QED) is 0.837. The van der Waals surface area contributed by atoms with Gasteiger partial charge in [0, 0.05) is 24.2 Å². The summed E-state index contributed by atoms with van der Waals surface area (Å²) in [5.74, 6) is 2.38. The van der Waals surface area contributed by atoms with E-state index in [4.69, 9.17) is 9.79 Å². The fraction of sp³-hybridized carbons (Fsp3) is 0.500. The predicted octanol–water partition coefficient (Wildman–Crippen LogP) is 1.86. The van der Waals surface area contributed by atoms with Crippen LogP contribution in [0.1, 0.15) is 12.6 Å². The van der Waals surface area contributed by atoms with Crippen LogP contribution in [0.15, 0.2) is 23.3 Å². The van der Waals surface area contributed by atoms with Crippen molar-refractivity contribution in [3.63, 3.8) is 0 Å². The molecule has 3 rings (SSSR count). The topological polar surface area (TPSA) is 65.8 Å². The van der Waals surface area contributed by atoms with Gasteiger partial charge in [0.1, 0.15) is 22.8 Å². The maximum absolute atomic E-state index is 9.80. The highest BCUT2D eigenvalue weighted by molar-refractivity contribution is 8.14. The summed E-state index contributed by atoms with van der Waals surface area (Å²) in [7, 11) is 2.15. The molecule has 2 aliphatic heterocycles. The third kappa shape index (κ3) is 3.99. The normalized spacial score (nSPS) is 25.1. The van der Waals surface area contributed by atoms with Crippen molar-refractivity contribution in [2.75, 3.05) is 25.1 Å². The number of aldehydes is 1. The Bertz CT molecular complexity index is 525. The maximum atomic E-state index is 9.80. The smallest absolute Gasteiger partial charge is 0.144 e. The average molecular weight is 325 g/mol. The first kappa shape index (κ1) is 16.3. The van der Waals surface area contributed by atoms with E-state index in [1.165, 1.54) is 12.7 Å². The maximum Gasteiger partial charge on any atom is 0.144 e. The first-order valence-corrected chi connectivity index (χ1v) is 8.77. The number of aromatic nitrogens is 1. The molecule has 3 heterocycles.